The van der Waals surface area contributed by atoms with Crippen molar-refractivity contribution in [1.82, 2.24) is 5.32 Å². The van der Waals surface area contributed by atoms with Gasteiger partial charge in [0, 0.05) is 17.6 Å². The summed E-state index contributed by atoms with van der Waals surface area (Å²) < 4.78 is 4.52. The van der Waals surface area contributed by atoms with Gasteiger partial charge in [-0.3, -0.25) is 0 Å². The van der Waals surface area contributed by atoms with E-state index in [0.717, 1.165) is 5.56 Å². The molecule has 0 saturated heterocycles. The maximum Gasteiger partial charge on any atom is 0.338 e. The number of aliphatic hydroxyl groups is 1. The van der Waals surface area contributed by atoms with Crippen LogP contribution < -0.4 is 5.32 Å². The number of hydrogen-bond donors (Lipinski definition) is 2. The Morgan fingerprint density at radius 3 is 2.72 bits per heavy atom. The lowest BCUT2D eigenvalue weighted by molar-refractivity contribution is -0.160. The number of benzene rings is 1. The zero-order valence-corrected chi connectivity index (χ0v) is 11.5. The average Bonchev–Trinajstić information content (AvgIpc) is 2.35. The van der Waals surface area contributed by atoms with E-state index in [0.29, 0.717) is 5.02 Å². The lowest BCUT2D eigenvalue weighted by Gasteiger charge is -2.24. The van der Waals surface area contributed by atoms with Crippen molar-refractivity contribution in [3.8, 4) is 0 Å². The normalized spacial score (nSPS) is 15.8. The van der Waals surface area contributed by atoms with Crippen LogP contribution in [0.3, 0.4) is 0 Å². The van der Waals surface area contributed by atoms with Crippen molar-refractivity contribution < 1.29 is 14.6 Å². The largest absolute Gasteiger partial charge is 0.467 e. The van der Waals surface area contributed by atoms with Gasteiger partial charge in [0.2, 0.25) is 0 Å². The van der Waals surface area contributed by atoms with E-state index < -0.39 is 11.6 Å². The predicted molar refractivity (Wildman–Crippen MR) is 70.5 cm³/mol. The second kappa shape index (κ2) is 6.18. The summed E-state index contributed by atoms with van der Waals surface area (Å²) in [5, 5.41) is 13.6. The SMILES string of the molecule is COC(=O)C(C)(O)CNC(C)c1ccccc1Cl. The smallest absolute Gasteiger partial charge is 0.338 e. The molecule has 5 heteroatoms. The molecule has 2 atom stereocenters. The van der Waals surface area contributed by atoms with Gasteiger partial charge in [0.25, 0.3) is 0 Å². The van der Waals surface area contributed by atoms with E-state index in [1.165, 1.54) is 14.0 Å². The fourth-order valence-electron chi connectivity index (χ4n) is 1.58. The maximum absolute atomic E-state index is 11.3. The topological polar surface area (TPSA) is 58.6 Å². The molecule has 2 N–H and O–H groups in total. The number of rotatable bonds is 5. The molecule has 0 bridgehead atoms. The van der Waals surface area contributed by atoms with Crippen LogP contribution in [0.5, 0.6) is 0 Å². The molecule has 0 radical (unpaired) electrons. The summed E-state index contributed by atoms with van der Waals surface area (Å²) in [6, 6.07) is 7.36. The number of esters is 1. The molecule has 0 spiro atoms. The van der Waals surface area contributed by atoms with Crippen LogP contribution in [0.1, 0.15) is 25.5 Å². The predicted octanol–water partition coefficient (Wildman–Crippen LogP) is 1.91. The first kappa shape index (κ1) is 15.0. The Hall–Kier alpha value is -1.10. The van der Waals surface area contributed by atoms with Crippen molar-refractivity contribution in [1.29, 1.82) is 0 Å². The van der Waals surface area contributed by atoms with Crippen LogP contribution in [0.25, 0.3) is 0 Å². The first-order chi connectivity index (χ1) is 8.38. The highest BCUT2D eigenvalue weighted by Gasteiger charge is 2.31. The zero-order chi connectivity index (χ0) is 13.8. The molecule has 0 saturated carbocycles. The second-order valence-corrected chi connectivity index (χ2v) is 4.80. The van der Waals surface area contributed by atoms with Gasteiger partial charge in [0.05, 0.1) is 7.11 Å². The number of methoxy groups -OCH3 is 1. The molecule has 0 fully saturated rings. The molecule has 0 amide bonds. The standard InChI is InChI=1S/C13H18ClNO3/c1-9(10-6-4-5-7-11(10)14)15-8-13(2,17)12(16)18-3/h4-7,9,15,17H,8H2,1-3H3. The number of carbonyl (C=O) groups is 1. The molecule has 0 heterocycles. The van der Waals surface area contributed by atoms with E-state index >= 15 is 0 Å². The van der Waals surface area contributed by atoms with Crippen LogP contribution in [0.2, 0.25) is 5.02 Å². The molecule has 18 heavy (non-hydrogen) atoms. The Kier molecular flexibility index (Phi) is 5.14. The van der Waals surface area contributed by atoms with Gasteiger partial charge in [0.15, 0.2) is 5.60 Å². The molecule has 0 aromatic heterocycles. The number of halogens is 1. The molecule has 0 aliphatic carbocycles. The second-order valence-electron chi connectivity index (χ2n) is 4.39. The maximum atomic E-state index is 11.3. The van der Waals surface area contributed by atoms with E-state index in [4.69, 9.17) is 11.6 Å². The van der Waals surface area contributed by atoms with Crippen LogP contribution in [0.4, 0.5) is 0 Å². The Morgan fingerprint density at radius 1 is 1.56 bits per heavy atom. The van der Waals surface area contributed by atoms with Gasteiger partial charge in [-0.2, -0.15) is 0 Å². The van der Waals surface area contributed by atoms with Crippen LogP contribution >= 0.6 is 11.6 Å². The summed E-state index contributed by atoms with van der Waals surface area (Å²) in [7, 11) is 1.24. The molecule has 1 aromatic rings. The number of nitrogens with one attached hydrogen (secondary N) is 1. The minimum Gasteiger partial charge on any atom is -0.467 e. The minimum atomic E-state index is -1.55. The third kappa shape index (κ3) is 3.70. The van der Waals surface area contributed by atoms with Crippen LogP contribution in [-0.4, -0.2) is 30.3 Å². The first-order valence-electron chi connectivity index (χ1n) is 5.67. The van der Waals surface area contributed by atoms with E-state index in [9.17, 15) is 9.90 Å². The summed E-state index contributed by atoms with van der Waals surface area (Å²) in [5.74, 6) is -0.665. The van der Waals surface area contributed by atoms with Crippen molar-refractivity contribution >= 4 is 17.6 Å². The highest BCUT2D eigenvalue weighted by atomic mass is 35.5. The molecule has 1 aromatic carbocycles. The number of carbonyl (C=O) groups excluding carboxylic acids is 1. The summed E-state index contributed by atoms with van der Waals surface area (Å²) in [4.78, 5) is 11.3. The fourth-order valence-corrected chi connectivity index (χ4v) is 1.88. The average molecular weight is 272 g/mol. The molecule has 0 aliphatic heterocycles. The van der Waals surface area contributed by atoms with Crippen molar-refractivity contribution in [2.75, 3.05) is 13.7 Å². The number of hydrogen-bond acceptors (Lipinski definition) is 4. The van der Waals surface area contributed by atoms with Gasteiger partial charge in [-0.05, 0) is 25.5 Å². The van der Waals surface area contributed by atoms with E-state index in [2.05, 4.69) is 10.1 Å². The Labute approximate surface area is 112 Å². The molecule has 1 rings (SSSR count). The third-order valence-corrected chi connectivity index (χ3v) is 3.09. The van der Waals surface area contributed by atoms with Gasteiger partial charge in [-0.1, -0.05) is 29.8 Å². The van der Waals surface area contributed by atoms with Crippen molar-refractivity contribution in [2.45, 2.75) is 25.5 Å². The Bertz CT molecular complexity index is 420. The van der Waals surface area contributed by atoms with Gasteiger partial charge in [-0.15, -0.1) is 0 Å². The minimum absolute atomic E-state index is 0.0742. The summed E-state index contributed by atoms with van der Waals surface area (Å²) in [5.41, 5.74) is -0.635. The Morgan fingerprint density at radius 2 is 2.17 bits per heavy atom. The van der Waals surface area contributed by atoms with Gasteiger partial charge < -0.3 is 15.2 Å². The van der Waals surface area contributed by atoms with E-state index in [-0.39, 0.29) is 12.6 Å². The quantitative estimate of drug-likeness (QED) is 0.804. The monoisotopic (exact) mass is 271 g/mol. The molecule has 0 aliphatic rings. The van der Waals surface area contributed by atoms with Crippen molar-refractivity contribution in [2.24, 2.45) is 0 Å². The molecular formula is C13H18ClNO3. The van der Waals surface area contributed by atoms with Crippen LogP contribution in [0, 0.1) is 0 Å². The first-order valence-corrected chi connectivity index (χ1v) is 6.05. The van der Waals surface area contributed by atoms with Gasteiger partial charge >= 0.3 is 5.97 Å². The van der Waals surface area contributed by atoms with E-state index in [1.54, 1.807) is 6.07 Å². The summed E-state index contributed by atoms with van der Waals surface area (Å²) in [6.07, 6.45) is 0. The van der Waals surface area contributed by atoms with Crippen LogP contribution in [-0.2, 0) is 9.53 Å². The lowest BCUT2D eigenvalue weighted by Crippen LogP contribution is -2.46. The van der Waals surface area contributed by atoms with E-state index in [1.807, 2.05) is 25.1 Å². The van der Waals surface area contributed by atoms with Crippen LogP contribution in [0.15, 0.2) is 24.3 Å². The van der Waals surface area contributed by atoms with Gasteiger partial charge in [0.1, 0.15) is 0 Å². The molecule has 2 unspecified atom stereocenters. The third-order valence-electron chi connectivity index (χ3n) is 2.75. The van der Waals surface area contributed by atoms with Crippen molar-refractivity contribution in [3.63, 3.8) is 0 Å². The summed E-state index contributed by atoms with van der Waals surface area (Å²) >= 11 is 6.06. The molecular weight excluding hydrogens is 254 g/mol. The highest BCUT2D eigenvalue weighted by Crippen LogP contribution is 2.22. The van der Waals surface area contributed by atoms with Crippen molar-refractivity contribution in [3.05, 3.63) is 34.9 Å². The Balaban J connectivity index is 2.64. The zero-order valence-electron chi connectivity index (χ0n) is 10.7. The molecule has 100 valence electrons. The summed E-state index contributed by atoms with van der Waals surface area (Å²) in [6.45, 7) is 3.41. The van der Waals surface area contributed by atoms with Gasteiger partial charge in [-0.25, -0.2) is 4.79 Å². The molecule has 4 nitrogen and oxygen atoms in total. The fraction of sp³-hybridized carbons (Fsp3) is 0.462. The highest BCUT2D eigenvalue weighted by molar-refractivity contribution is 6.31. The lowest BCUT2D eigenvalue weighted by atomic mass is 10.0. The number of ether oxygens (including phenoxy) is 1.